The van der Waals surface area contributed by atoms with E-state index in [1.807, 2.05) is 13.8 Å². The predicted molar refractivity (Wildman–Crippen MR) is 132 cm³/mol. The molecule has 0 aliphatic heterocycles. The lowest BCUT2D eigenvalue weighted by atomic mass is 10.1. The average Bonchev–Trinajstić information content (AvgIpc) is 3.03. The molecule has 1 aromatic carbocycles. The second kappa shape index (κ2) is 10.2. The summed E-state index contributed by atoms with van der Waals surface area (Å²) in [5.74, 6) is 0. The highest BCUT2D eigenvalue weighted by Crippen LogP contribution is 2.37. The molecule has 4 nitrogen and oxygen atoms in total. The van der Waals surface area contributed by atoms with E-state index in [-0.39, 0.29) is 11.1 Å². The lowest BCUT2D eigenvalue weighted by molar-refractivity contribution is 0.0826. The number of hydrogen-bond acceptors (Lipinski definition) is 5. The highest BCUT2D eigenvalue weighted by molar-refractivity contribution is 7.19. The molecule has 0 amide bonds. The van der Waals surface area contributed by atoms with Gasteiger partial charge in [0, 0.05) is 22.7 Å². The van der Waals surface area contributed by atoms with Crippen molar-refractivity contribution in [3.8, 4) is 0 Å². The lowest BCUT2D eigenvalue weighted by Crippen LogP contribution is -2.45. The molecule has 0 saturated heterocycles. The van der Waals surface area contributed by atoms with Gasteiger partial charge in [0.15, 0.2) is 8.32 Å². The van der Waals surface area contributed by atoms with Crippen LogP contribution in [0.4, 0.5) is 0 Å². The van der Waals surface area contributed by atoms with Gasteiger partial charge < -0.3 is 19.6 Å². The molecule has 2 N–H and O–H groups in total. The highest BCUT2D eigenvalue weighted by Gasteiger charge is 2.38. The Labute approximate surface area is 188 Å². The van der Waals surface area contributed by atoms with Crippen LogP contribution in [0.5, 0.6) is 0 Å². The summed E-state index contributed by atoms with van der Waals surface area (Å²) in [5, 5.41) is 15.1. The topological polar surface area (TPSA) is 50.7 Å². The van der Waals surface area contributed by atoms with Crippen LogP contribution in [-0.4, -0.2) is 45.8 Å². The summed E-state index contributed by atoms with van der Waals surface area (Å²) in [6, 6.07) is 8.62. The maximum atomic E-state index is 10.2. The van der Waals surface area contributed by atoms with Crippen LogP contribution in [0.3, 0.4) is 0 Å². The van der Waals surface area contributed by atoms with Gasteiger partial charge in [0.25, 0.3) is 0 Å². The summed E-state index contributed by atoms with van der Waals surface area (Å²) >= 11 is 1.66. The number of rotatable bonds is 11. The Kier molecular flexibility index (Phi) is 8.70. The van der Waals surface area contributed by atoms with Crippen molar-refractivity contribution in [2.24, 2.45) is 0 Å². The molecule has 0 saturated carbocycles. The van der Waals surface area contributed by atoms with Crippen molar-refractivity contribution in [3.05, 3.63) is 34.7 Å². The number of benzene rings is 1. The molecule has 0 spiro atoms. The van der Waals surface area contributed by atoms with Crippen molar-refractivity contribution < 1.29 is 14.3 Å². The van der Waals surface area contributed by atoms with Crippen LogP contribution in [0, 0.1) is 0 Å². The Balaban J connectivity index is 1.66. The summed E-state index contributed by atoms with van der Waals surface area (Å²) in [5.41, 5.74) is 0.486. The standard InChI is InChI=1S/C24H41NO3SSi/c1-18(28-30(7,8)23(2,3)4)17-25-12-14-27-13-11-19-9-10-21-20(15-19)16-22(29-21)24(5,6)26/h9-10,15-16,18,25-26H,11-14,17H2,1-8H3. The zero-order chi connectivity index (χ0) is 22.6. The van der Waals surface area contributed by atoms with Crippen LogP contribution in [-0.2, 0) is 21.2 Å². The van der Waals surface area contributed by atoms with Gasteiger partial charge in [-0.3, -0.25) is 0 Å². The Morgan fingerprint density at radius 3 is 2.43 bits per heavy atom. The van der Waals surface area contributed by atoms with Crippen molar-refractivity contribution in [1.82, 2.24) is 5.32 Å². The molecule has 0 aliphatic rings. The van der Waals surface area contributed by atoms with Gasteiger partial charge in [0.2, 0.25) is 0 Å². The first-order chi connectivity index (χ1) is 13.8. The van der Waals surface area contributed by atoms with Gasteiger partial charge in [0.1, 0.15) is 0 Å². The van der Waals surface area contributed by atoms with Gasteiger partial charge in [-0.1, -0.05) is 32.9 Å². The van der Waals surface area contributed by atoms with Crippen LogP contribution in [0.15, 0.2) is 24.3 Å². The molecule has 1 aromatic heterocycles. The number of ether oxygens (including phenoxy) is 1. The lowest BCUT2D eigenvalue weighted by Gasteiger charge is -2.38. The first kappa shape index (κ1) is 25.5. The Morgan fingerprint density at radius 2 is 1.80 bits per heavy atom. The molecule has 2 aromatic rings. The van der Waals surface area contributed by atoms with Crippen molar-refractivity contribution in [3.63, 3.8) is 0 Å². The van der Waals surface area contributed by atoms with Crippen LogP contribution in [0.2, 0.25) is 18.1 Å². The minimum Gasteiger partial charge on any atom is -0.413 e. The Morgan fingerprint density at radius 1 is 1.10 bits per heavy atom. The molecule has 0 fully saturated rings. The van der Waals surface area contributed by atoms with Gasteiger partial charge in [-0.2, -0.15) is 0 Å². The smallest absolute Gasteiger partial charge is 0.192 e. The van der Waals surface area contributed by atoms with Crippen LogP contribution >= 0.6 is 11.3 Å². The van der Waals surface area contributed by atoms with Crippen molar-refractivity contribution in [2.45, 2.75) is 77.8 Å². The molecule has 1 heterocycles. The molecule has 170 valence electrons. The molecule has 1 unspecified atom stereocenters. The van der Waals surface area contributed by atoms with Crippen molar-refractivity contribution in [1.29, 1.82) is 0 Å². The maximum absolute atomic E-state index is 10.2. The van der Waals surface area contributed by atoms with Gasteiger partial charge in [-0.15, -0.1) is 11.3 Å². The first-order valence-electron chi connectivity index (χ1n) is 11.0. The molecular formula is C24H41NO3SSi. The molecule has 1 atom stereocenters. The third-order valence-corrected chi connectivity index (χ3v) is 11.9. The number of nitrogens with one attached hydrogen (secondary N) is 1. The third kappa shape index (κ3) is 7.43. The van der Waals surface area contributed by atoms with E-state index in [0.717, 1.165) is 24.4 Å². The fourth-order valence-electron chi connectivity index (χ4n) is 3.01. The van der Waals surface area contributed by atoms with Gasteiger partial charge in [-0.05, 0) is 68.4 Å². The van der Waals surface area contributed by atoms with E-state index in [4.69, 9.17) is 9.16 Å². The number of aliphatic hydroxyl groups is 1. The van der Waals surface area contributed by atoms with Crippen molar-refractivity contribution >= 4 is 29.7 Å². The van der Waals surface area contributed by atoms with Gasteiger partial charge in [-0.25, -0.2) is 0 Å². The molecule has 6 heteroatoms. The van der Waals surface area contributed by atoms with E-state index in [1.54, 1.807) is 11.3 Å². The van der Waals surface area contributed by atoms with E-state index in [1.165, 1.54) is 15.6 Å². The molecule has 0 aliphatic carbocycles. The molecule has 0 bridgehead atoms. The molecular weight excluding hydrogens is 410 g/mol. The fourth-order valence-corrected chi connectivity index (χ4v) is 5.50. The zero-order valence-electron chi connectivity index (χ0n) is 20.1. The second-order valence-electron chi connectivity index (χ2n) is 10.3. The van der Waals surface area contributed by atoms with Gasteiger partial charge >= 0.3 is 0 Å². The minimum absolute atomic E-state index is 0.219. The van der Waals surface area contributed by atoms with E-state index in [2.05, 4.69) is 70.4 Å². The first-order valence-corrected chi connectivity index (χ1v) is 14.7. The van der Waals surface area contributed by atoms with Crippen molar-refractivity contribution in [2.75, 3.05) is 26.3 Å². The summed E-state index contributed by atoms with van der Waals surface area (Å²) in [4.78, 5) is 1.00. The average molecular weight is 452 g/mol. The van der Waals surface area contributed by atoms with Crippen LogP contribution in [0.1, 0.15) is 52.0 Å². The monoisotopic (exact) mass is 451 g/mol. The summed E-state index contributed by atoms with van der Waals surface area (Å²) in [7, 11) is -1.70. The predicted octanol–water partition coefficient (Wildman–Crippen LogP) is 5.69. The largest absolute Gasteiger partial charge is 0.413 e. The quantitative estimate of drug-likeness (QED) is 0.340. The van der Waals surface area contributed by atoms with Gasteiger partial charge in [0.05, 0.1) is 24.9 Å². The van der Waals surface area contributed by atoms with Crippen LogP contribution in [0.25, 0.3) is 10.1 Å². The number of fused-ring (bicyclic) bond motifs is 1. The summed E-state index contributed by atoms with van der Waals surface area (Å²) in [6.45, 7) is 20.3. The Hall–Kier alpha value is -0.763. The SMILES string of the molecule is CC(CNCCOCCc1ccc2sc(C(C)(C)O)cc2c1)O[Si](C)(C)C(C)(C)C. The third-order valence-electron chi connectivity index (χ3n) is 5.88. The van der Waals surface area contributed by atoms with E-state index in [9.17, 15) is 5.11 Å². The summed E-state index contributed by atoms with van der Waals surface area (Å²) < 4.78 is 13.4. The Bertz CT molecular complexity index is 805. The number of hydrogen-bond donors (Lipinski definition) is 2. The second-order valence-corrected chi connectivity index (χ2v) is 16.1. The minimum atomic E-state index is -1.70. The number of thiophene rings is 1. The molecule has 2 rings (SSSR count). The normalized spacial score (nSPS) is 14.4. The van der Waals surface area contributed by atoms with E-state index < -0.39 is 13.9 Å². The fraction of sp³-hybridized carbons (Fsp3) is 0.667. The molecule has 0 radical (unpaired) electrons. The molecule has 30 heavy (non-hydrogen) atoms. The maximum Gasteiger partial charge on any atom is 0.192 e. The van der Waals surface area contributed by atoms with E-state index >= 15 is 0 Å². The highest BCUT2D eigenvalue weighted by atomic mass is 32.1. The zero-order valence-corrected chi connectivity index (χ0v) is 21.9. The van der Waals surface area contributed by atoms with Crippen LogP contribution < -0.4 is 5.32 Å². The van der Waals surface area contributed by atoms with E-state index in [0.29, 0.717) is 13.2 Å². The summed E-state index contributed by atoms with van der Waals surface area (Å²) in [6.07, 6.45) is 1.12.